The van der Waals surface area contributed by atoms with Crippen molar-refractivity contribution >= 4 is 22.6 Å². The Morgan fingerprint density at radius 1 is 1.29 bits per heavy atom. The van der Waals surface area contributed by atoms with E-state index in [-0.39, 0.29) is 0 Å². The van der Waals surface area contributed by atoms with Crippen LogP contribution in [0.4, 0.5) is 36.3 Å². The van der Waals surface area contributed by atoms with Crippen molar-refractivity contribution < 1.29 is 35.9 Å². The molecule has 1 heterocycles. The number of anilines is 1. The number of amides is 1. The number of alkyl halides is 6. The molecule has 5 nitrogen and oxygen atoms in total. The number of carbonyl (C=O) groups is 1. The Hall–Kier alpha value is -1.72. The van der Waals surface area contributed by atoms with Crippen LogP contribution in [0.3, 0.4) is 0 Å². The third-order valence-corrected chi connectivity index (χ3v) is 2.83. The maximum atomic E-state index is 13.0. The van der Waals surface area contributed by atoms with Gasteiger partial charge < -0.3 is 10.1 Å². The van der Waals surface area contributed by atoms with Gasteiger partial charge in [0.25, 0.3) is 0 Å². The molecular formula is C9H9F6N3O2S. The first-order chi connectivity index (χ1) is 9.53. The van der Waals surface area contributed by atoms with Crippen LogP contribution in [0.5, 0.6) is 0 Å². The summed E-state index contributed by atoms with van der Waals surface area (Å²) in [6, 6.07) is 0. The quantitative estimate of drug-likeness (QED) is 0.655. The van der Waals surface area contributed by atoms with E-state index in [1.165, 1.54) is 17.6 Å². The molecule has 0 fully saturated rings. The SMILES string of the molecule is CCOC(=O)NC(Nc1nccs1)(C(F)(F)F)C(F)(F)F. The highest BCUT2D eigenvalue weighted by atomic mass is 32.1. The number of ether oxygens (including phenoxy) is 1. The molecule has 0 radical (unpaired) electrons. The zero-order chi connectivity index (χ0) is 16.3. The third kappa shape index (κ3) is 3.68. The van der Waals surface area contributed by atoms with E-state index in [4.69, 9.17) is 0 Å². The second-order valence-electron chi connectivity index (χ2n) is 3.55. The van der Waals surface area contributed by atoms with Crippen LogP contribution in [0, 0.1) is 0 Å². The number of aromatic nitrogens is 1. The summed E-state index contributed by atoms with van der Waals surface area (Å²) < 4.78 is 82.0. The van der Waals surface area contributed by atoms with Gasteiger partial charge in [-0.25, -0.2) is 9.78 Å². The first kappa shape index (κ1) is 17.3. The minimum atomic E-state index is -5.89. The van der Waals surface area contributed by atoms with Crippen molar-refractivity contribution in [1.29, 1.82) is 0 Å². The van der Waals surface area contributed by atoms with E-state index in [0.717, 1.165) is 11.5 Å². The summed E-state index contributed by atoms with van der Waals surface area (Å²) in [6.07, 6.45) is -12.6. The lowest BCUT2D eigenvalue weighted by Gasteiger charge is -2.37. The molecule has 1 rings (SSSR count). The maximum Gasteiger partial charge on any atom is 0.439 e. The number of alkyl carbamates (subject to hydrolysis) is 1. The van der Waals surface area contributed by atoms with E-state index < -0.39 is 35.8 Å². The maximum absolute atomic E-state index is 13.0. The summed E-state index contributed by atoms with van der Waals surface area (Å²) >= 11 is 0.508. The van der Waals surface area contributed by atoms with E-state index in [0.29, 0.717) is 11.3 Å². The first-order valence-corrected chi connectivity index (χ1v) is 6.17. The highest BCUT2D eigenvalue weighted by Gasteiger charge is 2.73. The smallest absolute Gasteiger partial charge is 0.439 e. The highest BCUT2D eigenvalue weighted by molar-refractivity contribution is 7.13. The van der Waals surface area contributed by atoms with E-state index in [1.54, 1.807) is 0 Å². The summed E-state index contributed by atoms with van der Waals surface area (Å²) in [4.78, 5) is 14.4. The fourth-order valence-electron chi connectivity index (χ4n) is 1.24. The predicted molar refractivity (Wildman–Crippen MR) is 60.7 cm³/mol. The van der Waals surface area contributed by atoms with Crippen LogP contribution >= 0.6 is 11.3 Å². The number of hydrogen-bond acceptors (Lipinski definition) is 5. The fourth-order valence-corrected chi connectivity index (χ4v) is 1.83. The molecular weight excluding hydrogens is 328 g/mol. The van der Waals surface area contributed by atoms with Crippen LogP contribution in [-0.4, -0.2) is 35.7 Å². The number of halogens is 6. The number of nitrogens with one attached hydrogen (secondary N) is 2. The molecule has 0 unspecified atom stereocenters. The molecule has 0 aromatic carbocycles. The van der Waals surface area contributed by atoms with Gasteiger partial charge in [-0.2, -0.15) is 26.3 Å². The van der Waals surface area contributed by atoms with E-state index in [9.17, 15) is 31.1 Å². The van der Waals surface area contributed by atoms with Gasteiger partial charge in [0.1, 0.15) is 0 Å². The second kappa shape index (κ2) is 5.95. The zero-order valence-corrected chi connectivity index (χ0v) is 11.1. The van der Waals surface area contributed by atoms with Gasteiger partial charge in [-0.15, -0.1) is 11.3 Å². The lowest BCUT2D eigenvalue weighted by Crippen LogP contribution is -2.72. The van der Waals surface area contributed by atoms with Crippen molar-refractivity contribution in [2.45, 2.75) is 24.9 Å². The van der Waals surface area contributed by atoms with E-state index >= 15 is 0 Å². The Kier molecular flexibility index (Phi) is 4.91. The molecule has 0 aliphatic heterocycles. The molecule has 21 heavy (non-hydrogen) atoms. The topological polar surface area (TPSA) is 63.2 Å². The normalized spacial score (nSPS) is 12.9. The van der Waals surface area contributed by atoms with Crippen molar-refractivity contribution in [2.75, 3.05) is 11.9 Å². The fraction of sp³-hybridized carbons (Fsp3) is 0.556. The number of carbonyl (C=O) groups excluding carboxylic acids is 1. The monoisotopic (exact) mass is 337 g/mol. The third-order valence-electron chi connectivity index (χ3n) is 2.14. The molecule has 1 aromatic heterocycles. The van der Waals surface area contributed by atoms with Crippen LogP contribution in [0.15, 0.2) is 11.6 Å². The van der Waals surface area contributed by atoms with Crippen LogP contribution in [0.25, 0.3) is 0 Å². The second-order valence-corrected chi connectivity index (χ2v) is 4.45. The molecule has 1 aromatic rings. The van der Waals surface area contributed by atoms with Crippen LogP contribution in [-0.2, 0) is 4.74 Å². The Bertz CT molecular complexity index is 459. The van der Waals surface area contributed by atoms with Crippen molar-refractivity contribution in [3.63, 3.8) is 0 Å². The molecule has 120 valence electrons. The van der Waals surface area contributed by atoms with Gasteiger partial charge in [0.2, 0.25) is 0 Å². The number of nitrogens with zero attached hydrogens (tertiary/aromatic N) is 1. The molecule has 12 heteroatoms. The summed E-state index contributed by atoms with van der Waals surface area (Å²) in [5.74, 6) is 0. The van der Waals surface area contributed by atoms with Crippen LogP contribution in [0.1, 0.15) is 6.92 Å². The number of hydrogen-bond donors (Lipinski definition) is 2. The summed E-state index contributed by atoms with van der Waals surface area (Å²) in [6.45, 7) is 0.839. The van der Waals surface area contributed by atoms with Crippen LogP contribution in [0.2, 0.25) is 0 Å². The largest absolute Gasteiger partial charge is 0.450 e. The summed E-state index contributed by atoms with van der Waals surface area (Å²) in [5.41, 5.74) is -4.70. The average molecular weight is 337 g/mol. The molecule has 0 aliphatic rings. The molecule has 0 atom stereocenters. The van der Waals surface area contributed by atoms with Gasteiger partial charge in [0.15, 0.2) is 5.13 Å². The first-order valence-electron chi connectivity index (χ1n) is 5.29. The van der Waals surface area contributed by atoms with E-state index in [2.05, 4.69) is 9.72 Å². The number of rotatable bonds is 4. The van der Waals surface area contributed by atoms with Gasteiger partial charge in [0.05, 0.1) is 6.61 Å². The minimum Gasteiger partial charge on any atom is -0.450 e. The predicted octanol–water partition coefficient (Wildman–Crippen LogP) is 3.12. The summed E-state index contributed by atoms with van der Waals surface area (Å²) in [7, 11) is 0. The van der Waals surface area contributed by atoms with Crippen LogP contribution < -0.4 is 10.6 Å². The van der Waals surface area contributed by atoms with Gasteiger partial charge >= 0.3 is 24.1 Å². The highest BCUT2D eigenvalue weighted by Crippen LogP contribution is 2.43. The lowest BCUT2D eigenvalue weighted by molar-refractivity contribution is -0.294. The molecule has 0 saturated heterocycles. The minimum absolute atomic E-state index is 0.394. The van der Waals surface area contributed by atoms with Crippen molar-refractivity contribution in [3.05, 3.63) is 11.6 Å². The van der Waals surface area contributed by atoms with Gasteiger partial charge in [-0.3, -0.25) is 5.32 Å². The van der Waals surface area contributed by atoms with Crippen molar-refractivity contribution in [2.24, 2.45) is 0 Å². The Labute approximate surface area is 118 Å². The average Bonchev–Trinajstić information content (AvgIpc) is 2.78. The molecule has 1 amide bonds. The van der Waals surface area contributed by atoms with Gasteiger partial charge in [-0.1, -0.05) is 0 Å². The van der Waals surface area contributed by atoms with Crippen molar-refractivity contribution in [3.8, 4) is 0 Å². The Balaban J connectivity index is 3.25. The van der Waals surface area contributed by atoms with Crippen molar-refractivity contribution in [1.82, 2.24) is 10.3 Å². The van der Waals surface area contributed by atoms with E-state index in [1.807, 2.05) is 0 Å². The zero-order valence-electron chi connectivity index (χ0n) is 10.3. The standard InChI is InChI=1S/C9H9F6N3O2S/c1-2-20-6(19)18-7(8(10,11)12,9(13,14)15)17-5-16-3-4-21-5/h3-4H,2H2,1H3,(H,16,17)(H,18,19). The van der Waals surface area contributed by atoms with Gasteiger partial charge in [-0.05, 0) is 6.92 Å². The number of thiazole rings is 1. The summed E-state index contributed by atoms with van der Waals surface area (Å²) in [5, 5.41) is 2.49. The Morgan fingerprint density at radius 3 is 2.24 bits per heavy atom. The van der Waals surface area contributed by atoms with Gasteiger partial charge in [0, 0.05) is 11.6 Å². The molecule has 0 bridgehead atoms. The molecule has 0 spiro atoms. The molecule has 2 N–H and O–H groups in total. The molecule has 0 saturated carbocycles. The molecule has 0 aliphatic carbocycles. The lowest BCUT2D eigenvalue weighted by atomic mass is 10.1. The Morgan fingerprint density at radius 2 is 1.86 bits per heavy atom.